The zero-order valence-corrected chi connectivity index (χ0v) is 10.4. The number of hydrogen-bond acceptors (Lipinski definition) is 4. The molecule has 92 valence electrons. The van der Waals surface area contributed by atoms with Crippen LogP contribution in [0.5, 0.6) is 0 Å². The lowest BCUT2D eigenvalue weighted by Crippen LogP contribution is -2.35. The topological polar surface area (TPSA) is 80.5 Å². The van der Waals surface area contributed by atoms with Crippen molar-refractivity contribution in [1.29, 1.82) is 0 Å². The smallest absolute Gasteiger partial charge is 0.175 e. The minimum atomic E-state index is 0.238. The molecule has 16 heavy (non-hydrogen) atoms. The van der Waals surface area contributed by atoms with Gasteiger partial charge >= 0.3 is 0 Å². The van der Waals surface area contributed by atoms with Gasteiger partial charge in [-0.2, -0.15) is 5.21 Å². The van der Waals surface area contributed by atoms with E-state index in [1.807, 2.05) is 13.8 Å². The van der Waals surface area contributed by atoms with E-state index in [1.54, 1.807) is 0 Å². The van der Waals surface area contributed by atoms with Crippen LogP contribution in [0.15, 0.2) is 0 Å². The third-order valence-electron chi connectivity index (χ3n) is 3.27. The molecule has 0 unspecified atom stereocenters. The lowest BCUT2D eigenvalue weighted by Gasteiger charge is -2.35. The minimum Gasteiger partial charge on any atom is -0.330 e. The minimum absolute atomic E-state index is 0.238. The maximum absolute atomic E-state index is 5.87. The maximum Gasteiger partial charge on any atom is 0.175 e. The van der Waals surface area contributed by atoms with Crippen LogP contribution in [0.4, 0.5) is 0 Å². The van der Waals surface area contributed by atoms with Crippen LogP contribution in [-0.4, -0.2) is 27.2 Å². The van der Waals surface area contributed by atoms with Gasteiger partial charge in [0.05, 0.1) is 0 Å². The second kappa shape index (κ2) is 6.58. The molecule has 2 rings (SSSR count). The molecule has 0 radical (unpaired) electrons. The van der Waals surface area contributed by atoms with Crippen LogP contribution in [0.25, 0.3) is 0 Å². The van der Waals surface area contributed by atoms with Gasteiger partial charge in [0.1, 0.15) is 0 Å². The van der Waals surface area contributed by atoms with Crippen LogP contribution in [0, 0.1) is 5.41 Å². The van der Waals surface area contributed by atoms with Gasteiger partial charge in [-0.05, 0) is 24.8 Å². The molecule has 1 fully saturated rings. The summed E-state index contributed by atoms with van der Waals surface area (Å²) in [4.78, 5) is 0. The molecule has 1 aromatic rings. The van der Waals surface area contributed by atoms with E-state index in [1.165, 1.54) is 32.1 Å². The van der Waals surface area contributed by atoms with Gasteiger partial charge in [-0.15, -0.1) is 10.2 Å². The van der Waals surface area contributed by atoms with E-state index >= 15 is 0 Å². The monoisotopic (exact) mass is 225 g/mol. The highest BCUT2D eigenvalue weighted by molar-refractivity contribution is 4.92. The van der Waals surface area contributed by atoms with Crippen LogP contribution in [0.2, 0.25) is 0 Å². The Bertz CT molecular complexity index is 264. The van der Waals surface area contributed by atoms with Crippen molar-refractivity contribution in [2.24, 2.45) is 11.1 Å². The second-order valence-corrected chi connectivity index (χ2v) is 4.27. The molecule has 0 spiro atoms. The van der Waals surface area contributed by atoms with E-state index in [9.17, 15) is 0 Å². The second-order valence-electron chi connectivity index (χ2n) is 4.27. The van der Waals surface area contributed by atoms with Crippen LogP contribution in [0.1, 0.15) is 51.8 Å². The van der Waals surface area contributed by atoms with Crippen molar-refractivity contribution in [2.45, 2.75) is 52.4 Å². The largest absolute Gasteiger partial charge is 0.330 e. The fraction of sp³-hybridized carbons (Fsp3) is 0.909. The molecule has 0 amide bonds. The van der Waals surface area contributed by atoms with Gasteiger partial charge in [0.25, 0.3) is 0 Å². The number of H-pyrrole nitrogens is 1. The zero-order chi connectivity index (χ0) is 11.9. The predicted molar refractivity (Wildman–Crippen MR) is 63.8 cm³/mol. The van der Waals surface area contributed by atoms with E-state index in [0.29, 0.717) is 0 Å². The number of aromatic nitrogens is 4. The van der Waals surface area contributed by atoms with Crippen molar-refractivity contribution < 1.29 is 0 Å². The Morgan fingerprint density at radius 2 is 1.94 bits per heavy atom. The summed E-state index contributed by atoms with van der Waals surface area (Å²) >= 11 is 0. The van der Waals surface area contributed by atoms with Crippen molar-refractivity contribution in [1.82, 2.24) is 20.6 Å². The summed E-state index contributed by atoms with van der Waals surface area (Å²) in [6.45, 7) is 4.74. The summed E-state index contributed by atoms with van der Waals surface area (Å²) in [6.07, 6.45) is 7.20. The highest BCUT2D eigenvalue weighted by Gasteiger charge is 2.32. The number of aromatic amines is 1. The molecule has 0 aliphatic heterocycles. The molecule has 0 bridgehead atoms. The van der Waals surface area contributed by atoms with Gasteiger partial charge < -0.3 is 5.73 Å². The summed E-state index contributed by atoms with van der Waals surface area (Å²) in [5.74, 6) is 0.803. The Labute approximate surface area is 97.2 Å². The third kappa shape index (κ3) is 3.27. The van der Waals surface area contributed by atoms with Gasteiger partial charge in [0.15, 0.2) is 5.82 Å². The summed E-state index contributed by atoms with van der Waals surface area (Å²) in [7, 11) is 0. The molecule has 1 aliphatic rings. The van der Waals surface area contributed by atoms with Crippen LogP contribution >= 0.6 is 0 Å². The fourth-order valence-electron chi connectivity index (χ4n) is 2.35. The Kier molecular flexibility index (Phi) is 5.38. The average molecular weight is 225 g/mol. The van der Waals surface area contributed by atoms with E-state index in [0.717, 1.165) is 18.8 Å². The SMILES string of the molecule is CC.NCC1(Cc2nn[nH]n2)CCCCC1. The molecule has 3 N–H and O–H groups in total. The summed E-state index contributed by atoms with van der Waals surface area (Å²) in [5, 5.41) is 14.1. The summed E-state index contributed by atoms with van der Waals surface area (Å²) < 4.78 is 0. The Balaban J connectivity index is 0.000000606. The average Bonchev–Trinajstić information content (AvgIpc) is 2.85. The van der Waals surface area contributed by atoms with Crippen molar-refractivity contribution in [3.05, 3.63) is 5.82 Å². The first-order valence-corrected chi connectivity index (χ1v) is 6.27. The van der Waals surface area contributed by atoms with E-state index < -0.39 is 0 Å². The van der Waals surface area contributed by atoms with Crippen molar-refractivity contribution >= 4 is 0 Å². The number of nitrogens with two attached hydrogens (primary N) is 1. The summed E-state index contributed by atoms with van der Waals surface area (Å²) in [5.41, 5.74) is 6.11. The van der Waals surface area contributed by atoms with E-state index in [4.69, 9.17) is 5.73 Å². The highest BCUT2D eigenvalue weighted by Crippen LogP contribution is 2.37. The number of hydrogen-bond donors (Lipinski definition) is 2. The molecule has 0 aromatic carbocycles. The van der Waals surface area contributed by atoms with Crippen molar-refractivity contribution in [3.8, 4) is 0 Å². The molecule has 5 nitrogen and oxygen atoms in total. The van der Waals surface area contributed by atoms with Crippen LogP contribution in [0.3, 0.4) is 0 Å². The lowest BCUT2D eigenvalue weighted by molar-refractivity contribution is 0.193. The highest BCUT2D eigenvalue weighted by atomic mass is 15.5. The Hall–Kier alpha value is -0.970. The van der Waals surface area contributed by atoms with E-state index in [2.05, 4.69) is 20.6 Å². The quantitative estimate of drug-likeness (QED) is 0.820. The first-order valence-electron chi connectivity index (χ1n) is 6.27. The molecule has 0 atom stereocenters. The van der Waals surface area contributed by atoms with Gasteiger partial charge in [-0.3, -0.25) is 0 Å². The Morgan fingerprint density at radius 1 is 1.25 bits per heavy atom. The molecule has 1 saturated carbocycles. The molecule has 5 heteroatoms. The van der Waals surface area contributed by atoms with Crippen molar-refractivity contribution in [3.63, 3.8) is 0 Å². The van der Waals surface area contributed by atoms with Gasteiger partial charge in [-0.1, -0.05) is 38.3 Å². The van der Waals surface area contributed by atoms with Crippen LogP contribution in [-0.2, 0) is 6.42 Å². The normalized spacial score (nSPS) is 18.7. The maximum atomic E-state index is 5.87. The molecule has 1 aliphatic carbocycles. The first-order chi connectivity index (χ1) is 7.85. The molecule has 1 aromatic heterocycles. The zero-order valence-electron chi connectivity index (χ0n) is 10.4. The molecule has 1 heterocycles. The fourth-order valence-corrected chi connectivity index (χ4v) is 2.35. The van der Waals surface area contributed by atoms with Gasteiger partial charge in [-0.25, -0.2) is 0 Å². The molecular formula is C11H23N5. The standard InChI is InChI=1S/C9H17N5.C2H6/c10-7-9(4-2-1-3-5-9)6-8-11-13-14-12-8;1-2/h1-7,10H2,(H,11,12,13,14);1-2H3. The van der Waals surface area contributed by atoms with E-state index in [-0.39, 0.29) is 5.41 Å². The number of nitrogens with one attached hydrogen (secondary N) is 1. The van der Waals surface area contributed by atoms with Gasteiger partial charge in [0.2, 0.25) is 0 Å². The molecule has 0 saturated heterocycles. The van der Waals surface area contributed by atoms with Crippen LogP contribution < -0.4 is 5.73 Å². The predicted octanol–water partition coefficient (Wildman–Crippen LogP) is 1.68. The summed E-state index contributed by atoms with van der Waals surface area (Å²) in [6, 6.07) is 0. The first kappa shape index (κ1) is 13.1. The molecular weight excluding hydrogens is 202 g/mol. The Morgan fingerprint density at radius 3 is 2.44 bits per heavy atom. The van der Waals surface area contributed by atoms with Crippen molar-refractivity contribution in [2.75, 3.05) is 6.54 Å². The number of rotatable bonds is 3. The van der Waals surface area contributed by atoms with Gasteiger partial charge in [0, 0.05) is 6.42 Å². The number of tetrazole rings is 1. The third-order valence-corrected chi connectivity index (χ3v) is 3.27. The lowest BCUT2D eigenvalue weighted by atomic mass is 9.72. The number of nitrogens with zero attached hydrogens (tertiary/aromatic N) is 3.